The number of esters is 5. The molecule has 1 atom stereocenters. The molecular weight excluding hydrogens is 620 g/mol. The van der Waals surface area contributed by atoms with Gasteiger partial charge in [-0.15, -0.1) is 0 Å². The molecule has 0 aromatic rings. The van der Waals surface area contributed by atoms with Crippen LogP contribution in [0.15, 0.2) is 61.8 Å². The topological polar surface area (TPSA) is 187 Å². The lowest BCUT2D eigenvalue weighted by Crippen LogP contribution is -2.22. The van der Waals surface area contributed by atoms with E-state index >= 15 is 0 Å². The summed E-state index contributed by atoms with van der Waals surface area (Å²) < 4.78 is 32.1. The van der Waals surface area contributed by atoms with E-state index in [1.54, 1.807) is 20.8 Å². The number of ether oxygens (including phenoxy) is 7. The molecule has 0 bridgehead atoms. The first-order chi connectivity index (χ1) is 21.7. The van der Waals surface area contributed by atoms with Crippen molar-refractivity contribution >= 4 is 36.0 Å². The molecule has 1 rings (SSSR count). The first-order valence-electron chi connectivity index (χ1n) is 14.2. The second-order valence-electron chi connectivity index (χ2n) is 10.1. The van der Waals surface area contributed by atoms with Crippen molar-refractivity contribution in [2.45, 2.75) is 73.0 Å². The molecule has 14 nitrogen and oxygen atoms in total. The van der Waals surface area contributed by atoms with Crippen molar-refractivity contribution in [1.29, 1.82) is 0 Å². The van der Waals surface area contributed by atoms with Crippen LogP contribution in [0.2, 0.25) is 0 Å². The zero-order valence-electron chi connectivity index (χ0n) is 29.0. The molecule has 1 aliphatic heterocycles. The van der Waals surface area contributed by atoms with Crippen LogP contribution in [0, 0.1) is 0 Å². The van der Waals surface area contributed by atoms with Crippen LogP contribution < -0.4 is 0 Å². The minimum atomic E-state index is -0.726. The van der Waals surface area contributed by atoms with Crippen molar-refractivity contribution in [2.24, 2.45) is 0 Å². The summed E-state index contributed by atoms with van der Waals surface area (Å²) in [6.45, 7) is 29.4. The summed E-state index contributed by atoms with van der Waals surface area (Å²) in [5, 5.41) is 8.19. The smallest absolute Gasteiger partial charge is 0.466 e. The van der Waals surface area contributed by atoms with Gasteiger partial charge in [-0.2, -0.15) is 0 Å². The number of hydrogen-bond acceptors (Lipinski definition) is 14. The highest BCUT2D eigenvalue weighted by molar-refractivity contribution is 5.87. The van der Waals surface area contributed by atoms with E-state index in [0.717, 1.165) is 18.9 Å². The maximum absolute atomic E-state index is 10.9. The van der Waals surface area contributed by atoms with Gasteiger partial charge < -0.3 is 38.3 Å². The highest BCUT2D eigenvalue weighted by Crippen LogP contribution is 2.07. The number of hydrogen-bond donors (Lipinski definition) is 1. The summed E-state index contributed by atoms with van der Waals surface area (Å²) in [6, 6.07) is 0. The molecule has 268 valence electrons. The van der Waals surface area contributed by atoms with Gasteiger partial charge in [-0.25, -0.2) is 28.8 Å². The van der Waals surface area contributed by atoms with E-state index < -0.39 is 29.8 Å². The van der Waals surface area contributed by atoms with Crippen molar-refractivity contribution < 1.29 is 67.0 Å². The van der Waals surface area contributed by atoms with Gasteiger partial charge in [0.15, 0.2) is 6.10 Å². The Morgan fingerprint density at radius 1 is 0.851 bits per heavy atom. The van der Waals surface area contributed by atoms with Gasteiger partial charge in [-0.1, -0.05) is 46.2 Å². The van der Waals surface area contributed by atoms with Crippen LogP contribution in [-0.2, 0) is 57.1 Å². The van der Waals surface area contributed by atoms with Crippen LogP contribution in [0.3, 0.4) is 0 Å². The highest BCUT2D eigenvalue weighted by Gasteiger charge is 2.26. The van der Waals surface area contributed by atoms with Crippen LogP contribution in [-0.4, -0.2) is 93.0 Å². The summed E-state index contributed by atoms with van der Waals surface area (Å²) in [4.78, 5) is 62.8. The number of aliphatic hydroxyl groups excluding tert-OH is 1. The van der Waals surface area contributed by atoms with Gasteiger partial charge in [-0.3, -0.25) is 0 Å². The summed E-state index contributed by atoms with van der Waals surface area (Å²) in [6.07, 6.45) is 3.09. The van der Waals surface area contributed by atoms with E-state index in [0.29, 0.717) is 23.3 Å². The van der Waals surface area contributed by atoms with Gasteiger partial charge in [-0.05, 0) is 48.0 Å². The number of aliphatic hydroxyl groups is 1. The lowest BCUT2D eigenvalue weighted by Gasteiger charge is -2.17. The second-order valence-corrected chi connectivity index (χ2v) is 10.1. The van der Waals surface area contributed by atoms with Gasteiger partial charge in [0.05, 0.1) is 20.3 Å². The van der Waals surface area contributed by atoms with Crippen molar-refractivity contribution in [1.82, 2.24) is 0 Å². The third-order valence-electron chi connectivity index (χ3n) is 4.09. The van der Waals surface area contributed by atoms with E-state index in [1.807, 2.05) is 27.7 Å². The van der Waals surface area contributed by atoms with E-state index in [9.17, 15) is 28.8 Å². The highest BCUT2D eigenvalue weighted by atomic mass is 16.8. The standard InChI is InChI=1S/C8H10O5.2C7H12O2.C6H10O3.C5H8O2/c1-5(2)7(9)11-3-6-4-12-8(10)13-6;1-5-6(8)9-7(2,3)4;1-3-5-6-9-7(8)4-2;1-5(2)6(8)9-4-3-7;1-4(2)5(6)7-3/h6H,1,3-4H2,2H3;5H,1H2,2-4H3;4H,2-3,5-6H2,1H3;7H,1,3-4H2,2H3;1H2,2-3H3. The van der Waals surface area contributed by atoms with Gasteiger partial charge in [0.25, 0.3) is 0 Å². The van der Waals surface area contributed by atoms with Gasteiger partial charge >= 0.3 is 36.0 Å². The monoisotopic (exact) mass is 672 g/mol. The molecule has 1 N–H and O–H groups in total. The molecule has 0 aromatic heterocycles. The van der Waals surface area contributed by atoms with Gasteiger partial charge in [0.1, 0.15) is 25.4 Å². The van der Waals surface area contributed by atoms with Crippen molar-refractivity contribution in [2.75, 3.05) is 40.1 Å². The largest absolute Gasteiger partial charge is 0.508 e. The zero-order valence-corrected chi connectivity index (χ0v) is 29.0. The molecule has 0 spiro atoms. The summed E-state index contributed by atoms with van der Waals surface area (Å²) in [7, 11) is 1.33. The second kappa shape index (κ2) is 30.0. The molecule has 0 radical (unpaired) electrons. The van der Waals surface area contributed by atoms with Gasteiger partial charge in [0, 0.05) is 28.9 Å². The Labute approximate surface area is 278 Å². The molecule has 1 fully saturated rings. The summed E-state index contributed by atoms with van der Waals surface area (Å²) in [5.74, 6) is -2.00. The lowest BCUT2D eigenvalue weighted by atomic mass is 10.2. The maximum atomic E-state index is 10.9. The minimum Gasteiger partial charge on any atom is -0.466 e. The van der Waals surface area contributed by atoms with Crippen LogP contribution in [0.1, 0.15) is 61.3 Å². The summed E-state index contributed by atoms with van der Waals surface area (Å²) >= 11 is 0. The molecule has 0 saturated carbocycles. The molecule has 1 heterocycles. The number of cyclic esters (lactones) is 2. The fourth-order valence-corrected chi connectivity index (χ4v) is 1.89. The zero-order chi connectivity index (χ0) is 37.6. The average Bonchev–Trinajstić information content (AvgIpc) is 3.43. The molecule has 1 unspecified atom stereocenters. The molecule has 1 saturated heterocycles. The van der Waals surface area contributed by atoms with Gasteiger partial charge in [0.2, 0.25) is 0 Å². The lowest BCUT2D eigenvalue weighted by molar-refractivity contribution is -0.148. The van der Waals surface area contributed by atoms with Crippen LogP contribution in [0.25, 0.3) is 0 Å². The molecule has 0 aromatic carbocycles. The van der Waals surface area contributed by atoms with E-state index in [2.05, 4.69) is 56.6 Å². The molecular formula is C33H52O14. The number of methoxy groups -OCH3 is 1. The molecule has 47 heavy (non-hydrogen) atoms. The van der Waals surface area contributed by atoms with Crippen LogP contribution in [0.5, 0.6) is 0 Å². The number of unbranched alkanes of at least 4 members (excludes halogenated alkanes) is 1. The Morgan fingerprint density at radius 3 is 1.64 bits per heavy atom. The van der Waals surface area contributed by atoms with Crippen molar-refractivity contribution in [3.05, 3.63) is 61.8 Å². The fraction of sp³-hybridized carbons (Fsp3) is 0.515. The van der Waals surface area contributed by atoms with Crippen molar-refractivity contribution in [3.8, 4) is 0 Å². The first-order valence-corrected chi connectivity index (χ1v) is 14.2. The Hall–Kier alpha value is -4.72. The molecule has 0 aliphatic carbocycles. The number of carbonyl (C=O) groups excluding carboxylic acids is 6. The SMILES string of the molecule is C=C(C)C(=O)OC.C=C(C)C(=O)OCC1COC(=O)O1.C=C(C)C(=O)OCCO.C=CC(=O)OC(C)(C)C.C=CC(=O)OCCCC. The van der Waals surface area contributed by atoms with E-state index in [1.165, 1.54) is 13.2 Å². The third kappa shape index (κ3) is 37.4. The van der Waals surface area contributed by atoms with Crippen molar-refractivity contribution in [3.63, 3.8) is 0 Å². The maximum Gasteiger partial charge on any atom is 0.508 e. The normalized spacial score (nSPS) is 12.1. The quantitative estimate of drug-likeness (QED) is 0.132. The number of rotatable bonds is 12. The average molecular weight is 673 g/mol. The Morgan fingerprint density at radius 2 is 1.34 bits per heavy atom. The predicted molar refractivity (Wildman–Crippen MR) is 174 cm³/mol. The Balaban J connectivity index is -0.000000250. The van der Waals surface area contributed by atoms with Crippen LogP contribution >= 0.6 is 0 Å². The summed E-state index contributed by atoms with van der Waals surface area (Å²) in [5.41, 5.74) is 0.696. The van der Waals surface area contributed by atoms with E-state index in [-0.39, 0.29) is 44.3 Å². The van der Waals surface area contributed by atoms with E-state index in [4.69, 9.17) is 14.6 Å². The first kappa shape index (κ1) is 49.2. The van der Waals surface area contributed by atoms with Crippen LogP contribution in [0.4, 0.5) is 4.79 Å². The predicted octanol–water partition coefficient (Wildman–Crippen LogP) is 4.50. The minimum absolute atomic E-state index is 0.0113. The molecule has 1 aliphatic rings. The fourth-order valence-electron chi connectivity index (χ4n) is 1.89. The number of carbonyl (C=O) groups is 6. The Bertz CT molecular complexity index is 1050. The molecule has 0 amide bonds. The third-order valence-corrected chi connectivity index (χ3v) is 4.09. The Kier molecular flexibility index (Phi) is 31.3. The molecule has 14 heteroatoms.